The number of rotatable bonds is 23. The average Bonchev–Trinajstić information content (AvgIpc) is 4.04. The van der Waals surface area contributed by atoms with Gasteiger partial charge in [-0.05, 0) is 73.8 Å². The van der Waals surface area contributed by atoms with E-state index in [4.69, 9.17) is 34.0 Å². The molecule has 6 N–H and O–H groups in total. The zero-order valence-electron chi connectivity index (χ0n) is 37.8. The first kappa shape index (κ1) is 49.8. The van der Waals surface area contributed by atoms with Crippen molar-refractivity contribution in [2.45, 2.75) is 37.2 Å². The maximum Gasteiger partial charge on any atom is 0.351 e. The Hall–Kier alpha value is -5.66. The molecular weight excluding hydrogens is 939 g/mol. The van der Waals surface area contributed by atoms with Crippen molar-refractivity contribution in [1.29, 1.82) is 0 Å². The standard InChI is InChI=1S/C46H54F2N10O9S2/c1-56-15-17-57(18-16-56)31-5-9-34-36(27-31)53-43(51-34)30-4-8-33-35(26-30)52-42(50-33)29-2-6-32(7-3-29)66-23-22-65-21-20-64-19-13-49-39(60)11-24-68-69-25-12-40(61)54-38-10-14-58(45(63)55-38)44-46(47,48)41(62)37(28-59)67-44/h2-10,14,26-27,37,41,44,59,62H,11-13,15-25,28H2,1H3,(H,49,60)(H,50,52)(H,51,53)(H,54,55,61,63)/t37-,41-,44?/m1/s1. The van der Waals surface area contributed by atoms with Crippen LogP contribution in [0.15, 0.2) is 77.7 Å². The molecule has 19 nitrogen and oxygen atoms in total. The maximum absolute atomic E-state index is 14.4. The summed E-state index contributed by atoms with van der Waals surface area (Å²) in [5.41, 5.74) is 5.71. The van der Waals surface area contributed by atoms with Crippen LogP contribution >= 0.6 is 21.6 Å². The molecule has 2 fully saturated rings. The van der Waals surface area contributed by atoms with Crippen LogP contribution in [0, 0.1) is 0 Å². The van der Waals surface area contributed by atoms with E-state index in [1.165, 1.54) is 27.3 Å². The Morgan fingerprint density at radius 2 is 1.46 bits per heavy atom. The van der Waals surface area contributed by atoms with Gasteiger partial charge >= 0.3 is 11.6 Å². The van der Waals surface area contributed by atoms with E-state index in [1.807, 2.05) is 36.4 Å². The number of aliphatic hydroxyl groups is 2. The third kappa shape index (κ3) is 12.8. The number of carbonyl (C=O) groups is 2. The Kier molecular flexibility index (Phi) is 16.8. The third-order valence-electron chi connectivity index (χ3n) is 11.5. The minimum atomic E-state index is -3.84. The molecule has 0 bridgehead atoms. The van der Waals surface area contributed by atoms with Gasteiger partial charge in [0, 0.05) is 80.1 Å². The van der Waals surface area contributed by atoms with Crippen molar-refractivity contribution in [1.82, 2.24) is 39.7 Å². The number of nitrogens with zero attached hydrogens (tertiary/aromatic N) is 6. The number of likely N-dealkylation sites (N-methyl/N-ethyl adjacent to an activating group) is 1. The fourth-order valence-electron chi connectivity index (χ4n) is 7.66. The number of carbonyl (C=O) groups excluding carboxylic acids is 2. The Morgan fingerprint density at radius 3 is 2.16 bits per heavy atom. The van der Waals surface area contributed by atoms with Gasteiger partial charge in [-0.2, -0.15) is 13.8 Å². The number of aliphatic hydroxyl groups excluding tert-OH is 2. The minimum Gasteiger partial charge on any atom is -0.491 e. The van der Waals surface area contributed by atoms with Gasteiger partial charge in [0.2, 0.25) is 18.0 Å². The van der Waals surface area contributed by atoms with Crippen molar-refractivity contribution in [3.8, 4) is 28.5 Å². The third-order valence-corrected chi connectivity index (χ3v) is 13.9. The van der Waals surface area contributed by atoms with Crippen LogP contribution in [0.2, 0.25) is 0 Å². The SMILES string of the molecule is CN1CCN(c2ccc3nc(-c4ccc5nc(-c6ccc(OCCOCCOCCNC(=O)CCSSCCC(=O)Nc7ccn(C8O[C@H](CO)[C@@H](O)C8(F)F)c(=O)n7)cc6)[nH]c5c4)[nH]c3c2)CC1. The van der Waals surface area contributed by atoms with E-state index in [1.54, 1.807) is 0 Å². The van der Waals surface area contributed by atoms with Gasteiger partial charge in [0.25, 0.3) is 0 Å². The minimum absolute atomic E-state index is 0.0728. The van der Waals surface area contributed by atoms with Crippen LogP contribution in [-0.2, 0) is 23.8 Å². The number of fused-ring (bicyclic) bond motifs is 2. The zero-order chi connectivity index (χ0) is 48.3. The molecule has 3 aromatic carbocycles. The number of nitrogens with one attached hydrogen (secondary N) is 4. The van der Waals surface area contributed by atoms with Gasteiger partial charge in [-0.25, -0.2) is 14.8 Å². The largest absolute Gasteiger partial charge is 0.491 e. The number of anilines is 2. The lowest BCUT2D eigenvalue weighted by Crippen LogP contribution is -2.44. The Morgan fingerprint density at radius 1 is 0.826 bits per heavy atom. The quantitative estimate of drug-likeness (QED) is 0.0388. The molecule has 0 saturated carbocycles. The number of aromatic amines is 2. The van der Waals surface area contributed by atoms with Gasteiger partial charge in [0.05, 0.1) is 55.1 Å². The lowest BCUT2D eigenvalue weighted by molar-refractivity contribution is -0.141. The van der Waals surface area contributed by atoms with Gasteiger partial charge in [0.15, 0.2) is 6.10 Å². The Bertz CT molecular complexity index is 2740. The molecule has 3 aromatic heterocycles. The first-order valence-electron chi connectivity index (χ1n) is 22.5. The van der Waals surface area contributed by atoms with Crippen molar-refractivity contribution >= 4 is 67.0 Å². The molecule has 2 saturated heterocycles. The highest BCUT2D eigenvalue weighted by Crippen LogP contribution is 2.42. The van der Waals surface area contributed by atoms with Crippen LogP contribution < -0.4 is 26.0 Å². The second kappa shape index (κ2) is 23.3. The smallest absolute Gasteiger partial charge is 0.351 e. The lowest BCUT2D eigenvalue weighted by Gasteiger charge is -2.34. The predicted molar refractivity (Wildman–Crippen MR) is 260 cm³/mol. The highest BCUT2D eigenvalue weighted by Gasteiger charge is 2.59. The van der Waals surface area contributed by atoms with E-state index < -0.39 is 42.6 Å². The number of imidazole rings is 2. The topological polar surface area (TPSA) is 234 Å². The van der Waals surface area contributed by atoms with Crippen molar-refractivity contribution in [3.63, 3.8) is 0 Å². The highest BCUT2D eigenvalue weighted by molar-refractivity contribution is 8.76. The summed E-state index contributed by atoms with van der Waals surface area (Å²) in [6.45, 7) is 5.44. The summed E-state index contributed by atoms with van der Waals surface area (Å²) in [5.74, 6) is -1.35. The molecular formula is C46H54F2N10O9S2. The van der Waals surface area contributed by atoms with Crippen LogP contribution in [0.25, 0.3) is 44.8 Å². The predicted octanol–water partition coefficient (Wildman–Crippen LogP) is 4.30. The number of ether oxygens (including phenoxy) is 4. The normalized spacial score (nSPS) is 18.3. The average molecular weight is 993 g/mol. The molecule has 0 spiro atoms. The molecule has 3 atom stereocenters. The number of hydrogen-bond acceptors (Lipinski definition) is 16. The summed E-state index contributed by atoms with van der Waals surface area (Å²) < 4.78 is 51.3. The highest BCUT2D eigenvalue weighted by atomic mass is 33.1. The maximum atomic E-state index is 14.4. The first-order valence-corrected chi connectivity index (χ1v) is 25.0. The first-order chi connectivity index (χ1) is 33.4. The van der Waals surface area contributed by atoms with Crippen LogP contribution in [0.1, 0.15) is 19.1 Å². The van der Waals surface area contributed by atoms with Crippen LogP contribution in [-0.4, -0.2) is 165 Å². The number of alkyl halides is 2. The summed E-state index contributed by atoms with van der Waals surface area (Å²) in [5, 5.41) is 24.1. The molecule has 2 aliphatic rings. The number of H-pyrrole nitrogens is 2. The number of aromatic nitrogens is 6. The van der Waals surface area contributed by atoms with Gasteiger partial charge in [0.1, 0.15) is 35.9 Å². The van der Waals surface area contributed by atoms with E-state index in [-0.39, 0.29) is 24.6 Å². The molecule has 0 aliphatic carbocycles. The summed E-state index contributed by atoms with van der Waals surface area (Å²) in [4.78, 5) is 61.9. The van der Waals surface area contributed by atoms with Crippen molar-refractivity contribution in [2.75, 3.05) is 101 Å². The fraction of sp³-hybridized carbons (Fsp3) is 0.435. The second-order valence-electron chi connectivity index (χ2n) is 16.4. The van der Waals surface area contributed by atoms with E-state index in [2.05, 4.69) is 66.7 Å². The van der Waals surface area contributed by atoms with Crippen LogP contribution in [0.3, 0.4) is 0 Å². The summed E-state index contributed by atoms with van der Waals surface area (Å²) in [6, 6.07) is 21.4. The van der Waals surface area contributed by atoms with E-state index in [0.717, 1.165) is 83.3 Å². The van der Waals surface area contributed by atoms with Gasteiger partial charge in [-0.15, -0.1) is 0 Å². The van der Waals surface area contributed by atoms with Crippen LogP contribution in [0.4, 0.5) is 20.3 Å². The number of hydrogen-bond donors (Lipinski definition) is 6. The van der Waals surface area contributed by atoms with E-state index in [9.17, 15) is 28.3 Å². The monoisotopic (exact) mass is 992 g/mol. The zero-order valence-corrected chi connectivity index (χ0v) is 39.4. The van der Waals surface area contributed by atoms with Crippen LogP contribution in [0.5, 0.6) is 5.75 Å². The molecule has 5 heterocycles. The van der Waals surface area contributed by atoms with E-state index in [0.29, 0.717) is 61.4 Å². The molecule has 368 valence electrons. The summed E-state index contributed by atoms with van der Waals surface area (Å²) in [6.07, 6.45) is -4.71. The fourth-order valence-corrected chi connectivity index (χ4v) is 9.64. The van der Waals surface area contributed by atoms with Crippen molar-refractivity contribution in [2.24, 2.45) is 0 Å². The molecule has 2 amide bonds. The number of piperazine rings is 1. The molecule has 0 radical (unpaired) electrons. The number of halogens is 2. The molecule has 2 aliphatic heterocycles. The molecule has 23 heteroatoms. The van der Waals surface area contributed by atoms with Gasteiger partial charge < -0.3 is 59.6 Å². The Labute approximate surface area is 403 Å². The number of benzene rings is 3. The summed E-state index contributed by atoms with van der Waals surface area (Å²) in [7, 11) is 4.98. The van der Waals surface area contributed by atoms with Crippen molar-refractivity contribution in [3.05, 3.63) is 83.4 Å². The molecule has 69 heavy (non-hydrogen) atoms. The molecule has 1 unspecified atom stereocenters. The van der Waals surface area contributed by atoms with E-state index >= 15 is 0 Å². The summed E-state index contributed by atoms with van der Waals surface area (Å²) >= 11 is 0. The number of amides is 2. The molecule has 8 rings (SSSR count). The molecule has 6 aromatic rings. The van der Waals surface area contributed by atoms with Gasteiger partial charge in [-0.1, -0.05) is 21.6 Å². The lowest BCUT2D eigenvalue weighted by atomic mass is 10.1. The second-order valence-corrected chi connectivity index (χ2v) is 19.1. The van der Waals surface area contributed by atoms with Gasteiger partial charge in [-0.3, -0.25) is 14.2 Å². The van der Waals surface area contributed by atoms with Crippen molar-refractivity contribution < 1.29 is 47.5 Å². The Balaban J connectivity index is 0.642.